The first-order valence-electron chi connectivity index (χ1n) is 5.37. The smallest absolute Gasteiger partial charge is 0.0931 e. The zero-order valence-electron chi connectivity index (χ0n) is 9.40. The van der Waals surface area contributed by atoms with Crippen molar-refractivity contribution in [1.29, 1.82) is 0 Å². The molecule has 1 heterocycles. The molecule has 2 heteroatoms. The first-order chi connectivity index (χ1) is 7.38. The molecule has 2 nitrogen and oxygen atoms in total. The summed E-state index contributed by atoms with van der Waals surface area (Å²) < 4.78 is 0. The fraction of sp³-hybridized carbons (Fsp3) is 0.308. The van der Waals surface area contributed by atoms with Crippen molar-refractivity contribution in [1.82, 2.24) is 9.97 Å². The zero-order valence-corrected chi connectivity index (χ0v) is 9.40. The molecule has 80 valence electrons. The van der Waals surface area contributed by atoms with Crippen LogP contribution in [0.2, 0.25) is 0 Å². The van der Waals surface area contributed by atoms with Gasteiger partial charge < -0.3 is 4.98 Å². The Balaban J connectivity index is 2.59. The number of aromatic nitrogens is 2. The molecule has 1 rings (SSSR count). The molecular weight excluding hydrogens is 184 g/mol. The predicted molar refractivity (Wildman–Crippen MR) is 66.4 cm³/mol. The normalized spacial score (nSPS) is 12.4. The summed E-state index contributed by atoms with van der Waals surface area (Å²) in [5.41, 5.74) is 2.03. The van der Waals surface area contributed by atoms with Crippen LogP contribution in [0.1, 0.15) is 38.1 Å². The van der Waals surface area contributed by atoms with E-state index in [-0.39, 0.29) is 0 Å². The largest absolute Gasteiger partial charge is 0.345 e. The van der Waals surface area contributed by atoms with Crippen molar-refractivity contribution in [2.45, 2.75) is 26.7 Å². The molecule has 0 unspecified atom stereocenters. The van der Waals surface area contributed by atoms with Gasteiger partial charge in [-0.15, -0.1) is 0 Å². The maximum atomic E-state index is 4.23. The Labute approximate surface area is 91.4 Å². The summed E-state index contributed by atoms with van der Waals surface area (Å²) in [5.74, 6) is 0. The van der Waals surface area contributed by atoms with E-state index < -0.39 is 0 Å². The number of nitrogens with one attached hydrogen (secondary N) is 1. The Kier molecular flexibility index (Phi) is 5.23. The van der Waals surface area contributed by atoms with E-state index in [0.29, 0.717) is 0 Å². The number of H-pyrrole nitrogens is 1. The molecule has 0 amide bonds. The number of unbranched alkanes of at least 4 members (excludes halogenated alkanes) is 1. The molecular formula is C13H18N2. The van der Waals surface area contributed by atoms with Crippen LogP contribution < -0.4 is 0 Å². The highest BCUT2D eigenvalue weighted by Gasteiger charge is 1.95. The van der Waals surface area contributed by atoms with Gasteiger partial charge in [-0.3, -0.25) is 0 Å². The third kappa shape index (κ3) is 3.98. The quantitative estimate of drug-likeness (QED) is 0.722. The van der Waals surface area contributed by atoms with Crippen LogP contribution in [0.25, 0.3) is 12.2 Å². The van der Waals surface area contributed by atoms with Crippen LogP contribution >= 0.6 is 0 Å². The van der Waals surface area contributed by atoms with Gasteiger partial charge in [-0.1, -0.05) is 37.6 Å². The first kappa shape index (κ1) is 11.5. The molecule has 0 saturated heterocycles. The summed E-state index contributed by atoms with van der Waals surface area (Å²) in [6.45, 7) is 4.17. The Bertz CT molecular complexity index is 356. The van der Waals surface area contributed by atoms with E-state index in [2.05, 4.69) is 29.0 Å². The summed E-state index contributed by atoms with van der Waals surface area (Å²) >= 11 is 0. The van der Waals surface area contributed by atoms with Crippen LogP contribution in [-0.4, -0.2) is 9.97 Å². The fourth-order valence-corrected chi connectivity index (χ4v) is 1.24. The third-order valence-corrected chi connectivity index (χ3v) is 1.99. The number of allylic oxidation sites excluding steroid dienone is 4. The highest BCUT2D eigenvalue weighted by atomic mass is 14.9. The Morgan fingerprint density at radius 1 is 1.33 bits per heavy atom. The van der Waals surface area contributed by atoms with Gasteiger partial charge in [0, 0.05) is 0 Å². The Morgan fingerprint density at radius 3 is 2.93 bits per heavy atom. The molecule has 1 aromatic heterocycles. The van der Waals surface area contributed by atoms with Gasteiger partial charge in [0.05, 0.1) is 17.7 Å². The van der Waals surface area contributed by atoms with E-state index in [1.807, 2.05) is 31.2 Å². The number of imidazole rings is 1. The summed E-state index contributed by atoms with van der Waals surface area (Å²) in [6.07, 6.45) is 16.3. The van der Waals surface area contributed by atoms with Crippen molar-refractivity contribution in [3.05, 3.63) is 42.0 Å². The van der Waals surface area contributed by atoms with Crippen molar-refractivity contribution < 1.29 is 0 Å². The highest BCUT2D eigenvalue weighted by molar-refractivity contribution is 5.59. The summed E-state index contributed by atoms with van der Waals surface area (Å²) in [4.78, 5) is 7.31. The van der Waals surface area contributed by atoms with Crippen LogP contribution in [0, 0.1) is 0 Å². The van der Waals surface area contributed by atoms with Gasteiger partial charge in [0.2, 0.25) is 0 Å². The maximum Gasteiger partial charge on any atom is 0.0931 e. The fourth-order valence-electron chi connectivity index (χ4n) is 1.24. The molecule has 0 spiro atoms. The van der Waals surface area contributed by atoms with Gasteiger partial charge in [0.25, 0.3) is 0 Å². The van der Waals surface area contributed by atoms with Crippen molar-refractivity contribution >= 4 is 12.2 Å². The van der Waals surface area contributed by atoms with Crippen LogP contribution in [0.15, 0.2) is 30.6 Å². The van der Waals surface area contributed by atoms with E-state index in [1.54, 1.807) is 6.33 Å². The summed E-state index contributed by atoms with van der Waals surface area (Å²) in [5, 5.41) is 0. The molecule has 0 bridgehead atoms. The lowest BCUT2D eigenvalue weighted by molar-refractivity contribution is 0.959. The van der Waals surface area contributed by atoms with Gasteiger partial charge in [-0.25, -0.2) is 4.98 Å². The Hall–Kier alpha value is -1.57. The molecule has 1 aromatic rings. The minimum absolute atomic E-state index is 0.981. The minimum Gasteiger partial charge on any atom is -0.345 e. The number of nitrogens with zero attached hydrogens (tertiary/aromatic N) is 1. The lowest BCUT2D eigenvalue weighted by Crippen LogP contribution is -1.76. The summed E-state index contributed by atoms with van der Waals surface area (Å²) in [6, 6.07) is 0. The van der Waals surface area contributed by atoms with Crippen LogP contribution in [0.5, 0.6) is 0 Å². The van der Waals surface area contributed by atoms with Crippen LogP contribution in [0.3, 0.4) is 0 Å². The monoisotopic (exact) mass is 202 g/mol. The SMILES string of the molecule is C/C=C\c1[nH]cnc1/C=C/C=C/CCC. The molecule has 0 aliphatic carbocycles. The predicted octanol–water partition coefficient (Wildman–Crippen LogP) is 3.81. The molecule has 0 fully saturated rings. The molecule has 0 atom stereocenters. The standard InChI is InChI=1S/C13H18N2/c1-3-5-6-7-8-10-13-12(9-4-2)14-11-15-13/h4,6-11H,3,5H2,1-2H3,(H,14,15)/b7-6+,9-4-,10-8+. The average molecular weight is 202 g/mol. The maximum absolute atomic E-state index is 4.23. The van der Waals surface area contributed by atoms with Gasteiger partial charge in [-0.05, 0) is 25.5 Å². The number of hydrogen-bond acceptors (Lipinski definition) is 1. The number of hydrogen-bond donors (Lipinski definition) is 1. The van der Waals surface area contributed by atoms with Crippen molar-refractivity contribution in [3.63, 3.8) is 0 Å². The van der Waals surface area contributed by atoms with Gasteiger partial charge >= 0.3 is 0 Å². The molecule has 0 aliphatic rings. The van der Waals surface area contributed by atoms with Crippen molar-refractivity contribution in [2.75, 3.05) is 0 Å². The number of aromatic amines is 1. The topological polar surface area (TPSA) is 28.7 Å². The van der Waals surface area contributed by atoms with Crippen LogP contribution in [0.4, 0.5) is 0 Å². The average Bonchev–Trinajstić information content (AvgIpc) is 2.66. The minimum atomic E-state index is 0.981. The summed E-state index contributed by atoms with van der Waals surface area (Å²) in [7, 11) is 0. The first-order valence-corrected chi connectivity index (χ1v) is 5.37. The van der Waals surface area contributed by atoms with Crippen LogP contribution in [-0.2, 0) is 0 Å². The highest BCUT2D eigenvalue weighted by Crippen LogP contribution is 2.07. The number of rotatable bonds is 5. The van der Waals surface area contributed by atoms with E-state index >= 15 is 0 Å². The lowest BCUT2D eigenvalue weighted by Gasteiger charge is -1.88. The van der Waals surface area contributed by atoms with Gasteiger partial charge in [0.15, 0.2) is 0 Å². The second-order valence-electron chi connectivity index (χ2n) is 3.28. The van der Waals surface area contributed by atoms with Crippen molar-refractivity contribution in [3.8, 4) is 0 Å². The zero-order chi connectivity index (χ0) is 10.9. The molecule has 0 radical (unpaired) electrons. The van der Waals surface area contributed by atoms with Crippen molar-refractivity contribution in [2.24, 2.45) is 0 Å². The molecule has 0 aromatic carbocycles. The van der Waals surface area contributed by atoms with Gasteiger partial charge in [-0.2, -0.15) is 0 Å². The molecule has 0 aliphatic heterocycles. The second-order valence-corrected chi connectivity index (χ2v) is 3.28. The molecule has 15 heavy (non-hydrogen) atoms. The third-order valence-electron chi connectivity index (χ3n) is 1.99. The Morgan fingerprint density at radius 2 is 2.20 bits per heavy atom. The van der Waals surface area contributed by atoms with Gasteiger partial charge in [0.1, 0.15) is 0 Å². The van der Waals surface area contributed by atoms with E-state index in [9.17, 15) is 0 Å². The molecule has 1 N–H and O–H groups in total. The van der Waals surface area contributed by atoms with E-state index in [4.69, 9.17) is 0 Å². The van der Waals surface area contributed by atoms with E-state index in [1.165, 1.54) is 6.42 Å². The lowest BCUT2D eigenvalue weighted by atomic mass is 10.2. The second kappa shape index (κ2) is 6.82. The molecule has 0 saturated carbocycles. The van der Waals surface area contributed by atoms with E-state index in [0.717, 1.165) is 17.8 Å².